The molecule has 1 fully saturated rings. The Morgan fingerprint density at radius 3 is 2.85 bits per heavy atom. The molecule has 0 radical (unpaired) electrons. The first-order chi connectivity index (χ1) is 12.4. The maximum Gasteiger partial charge on any atom is 1.00 e. The van der Waals surface area contributed by atoms with E-state index in [4.69, 9.17) is 0 Å². The molecule has 0 aliphatic carbocycles. The van der Waals surface area contributed by atoms with Crippen LogP contribution >= 0.6 is 0 Å². The number of halogens is 1. The molecule has 1 aromatic heterocycles. The molecule has 0 aromatic carbocycles. The summed E-state index contributed by atoms with van der Waals surface area (Å²) in [6.07, 6.45) is 3.27. The van der Waals surface area contributed by atoms with E-state index in [0.717, 1.165) is 0 Å². The Labute approximate surface area is 165 Å². The Morgan fingerprint density at radius 1 is 1.48 bits per heavy atom. The fourth-order valence-electron chi connectivity index (χ4n) is 2.91. The maximum atomic E-state index is 13.3. The molecular formula is C15H15FLiN5O5. The summed E-state index contributed by atoms with van der Waals surface area (Å²) in [5, 5.41) is 13.8. The number of nitrogens with one attached hydrogen (secondary N) is 1. The number of nitrogens with zero attached hydrogens (tertiary/aromatic N) is 4. The predicted octanol–water partition coefficient (Wildman–Crippen LogP) is -4.49. The van der Waals surface area contributed by atoms with E-state index in [1.54, 1.807) is 13.0 Å². The number of carboxylic acids is 1. The summed E-state index contributed by atoms with van der Waals surface area (Å²) in [6.45, 7) is 1.84. The van der Waals surface area contributed by atoms with Crippen molar-refractivity contribution < 1.29 is 47.6 Å². The second-order valence-electron chi connectivity index (χ2n) is 5.80. The molecule has 10 nitrogen and oxygen atoms in total. The van der Waals surface area contributed by atoms with Gasteiger partial charge in [-0.2, -0.15) is 5.06 Å². The third-order valence-electron chi connectivity index (χ3n) is 4.02. The minimum atomic E-state index is -2.78. The first kappa shape index (κ1) is 20.8. The van der Waals surface area contributed by atoms with Gasteiger partial charge in [-0.25, -0.2) is 14.0 Å². The van der Waals surface area contributed by atoms with Gasteiger partial charge in [0.05, 0.1) is 31.0 Å². The normalized spacial score (nSPS) is 22.0. The minimum Gasteiger partial charge on any atom is -0.544 e. The van der Waals surface area contributed by atoms with Crippen LogP contribution in [-0.2, 0) is 21.0 Å². The van der Waals surface area contributed by atoms with Crippen molar-refractivity contribution >= 4 is 17.9 Å². The number of hydrogen-bond acceptors (Lipinski definition) is 7. The van der Waals surface area contributed by atoms with Gasteiger partial charge < -0.3 is 20.1 Å². The van der Waals surface area contributed by atoms with Gasteiger partial charge in [-0.05, 0) is 12.5 Å². The smallest absolute Gasteiger partial charge is 0.544 e. The van der Waals surface area contributed by atoms with Crippen LogP contribution in [0.2, 0.25) is 0 Å². The average Bonchev–Trinajstić information content (AvgIpc) is 2.86. The Kier molecular flexibility index (Phi) is 6.53. The Morgan fingerprint density at radius 2 is 2.22 bits per heavy atom. The van der Waals surface area contributed by atoms with Gasteiger partial charge in [-0.15, -0.1) is 0 Å². The number of carbonyl (C=O) groups excluding carboxylic acids is 3. The molecule has 27 heavy (non-hydrogen) atoms. The molecule has 3 amide bonds. The van der Waals surface area contributed by atoms with E-state index in [-0.39, 0.29) is 32.0 Å². The summed E-state index contributed by atoms with van der Waals surface area (Å²) < 4.78 is 13.3. The molecule has 2 aliphatic heterocycles. The number of urea groups is 1. The third kappa shape index (κ3) is 4.27. The third-order valence-corrected chi connectivity index (χ3v) is 4.02. The number of carboxylic acid groups (broad SMARTS) is 1. The molecule has 1 unspecified atom stereocenters. The number of rotatable bonds is 6. The van der Waals surface area contributed by atoms with Gasteiger partial charge in [0.2, 0.25) is 5.91 Å². The van der Waals surface area contributed by atoms with Gasteiger partial charge >= 0.3 is 24.9 Å². The summed E-state index contributed by atoms with van der Waals surface area (Å²) in [6, 6.07) is -2.40. The second-order valence-corrected chi connectivity index (χ2v) is 5.80. The van der Waals surface area contributed by atoms with Crippen LogP contribution in [0, 0.1) is 0 Å². The van der Waals surface area contributed by atoms with Gasteiger partial charge in [0.15, 0.2) is 0 Å². The molecule has 2 aliphatic rings. The Bertz CT molecular complexity index is 764. The van der Waals surface area contributed by atoms with Crippen molar-refractivity contribution in [2.24, 2.45) is 0 Å². The van der Waals surface area contributed by atoms with E-state index in [1.165, 1.54) is 23.5 Å². The first-order valence-corrected chi connectivity index (χ1v) is 7.71. The van der Waals surface area contributed by atoms with Gasteiger partial charge in [0.1, 0.15) is 12.0 Å². The molecule has 3 heterocycles. The van der Waals surface area contributed by atoms with Crippen LogP contribution < -0.4 is 29.3 Å². The van der Waals surface area contributed by atoms with Crippen LogP contribution in [0.5, 0.6) is 0 Å². The molecule has 1 saturated heterocycles. The topological polar surface area (TPSA) is 128 Å². The number of aliphatic carboxylic acids is 1. The van der Waals surface area contributed by atoms with E-state index in [0.29, 0.717) is 16.3 Å². The van der Waals surface area contributed by atoms with Crippen LogP contribution in [0.25, 0.3) is 0 Å². The molecule has 0 saturated carbocycles. The number of amides is 3. The quantitative estimate of drug-likeness (QED) is 0.394. The average molecular weight is 371 g/mol. The minimum absolute atomic E-state index is 0. The first-order valence-electron chi connectivity index (χ1n) is 7.71. The van der Waals surface area contributed by atoms with Crippen molar-refractivity contribution in [2.75, 3.05) is 6.54 Å². The van der Waals surface area contributed by atoms with E-state index in [1.807, 2.05) is 0 Å². The van der Waals surface area contributed by atoms with Gasteiger partial charge in [-0.3, -0.25) is 14.8 Å². The SMILES string of the molecule is CC1=C[C@@H]2CN(C(=O)N2OC(F)C(=O)[O-])[C@@H]1C(=O)NCc1cnccn1.[Li+]. The fraction of sp³-hybridized carbons (Fsp3) is 0.400. The summed E-state index contributed by atoms with van der Waals surface area (Å²) in [7, 11) is 0. The van der Waals surface area contributed by atoms with Gasteiger partial charge in [0.25, 0.3) is 6.36 Å². The fourth-order valence-corrected chi connectivity index (χ4v) is 2.91. The van der Waals surface area contributed by atoms with Crippen molar-refractivity contribution in [1.29, 1.82) is 0 Å². The van der Waals surface area contributed by atoms with E-state index in [2.05, 4.69) is 20.1 Å². The standard InChI is InChI=1S/C15H16FN5O5.Li/c1-8-4-10-7-20(15(25)21(10)26-12(16)14(23)24)11(8)13(22)19-6-9-5-17-2-3-18-9;/h2-5,10-12H,6-7H2,1H3,(H,19,22)(H,23,24);/q;+1/p-1/t10-,11+,12?;/m1./s1. The van der Waals surface area contributed by atoms with Crippen molar-refractivity contribution in [3.8, 4) is 0 Å². The molecule has 12 heteroatoms. The summed E-state index contributed by atoms with van der Waals surface area (Å²) in [4.78, 5) is 49.0. The zero-order chi connectivity index (χ0) is 18.8. The van der Waals surface area contributed by atoms with E-state index in [9.17, 15) is 23.9 Å². The predicted molar refractivity (Wildman–Crippen MR) is 80.1 cm³/mol. The maximum absolute atomic E-state index is 13.3. The van der Waals surface area contributed by atoms with Crippen molar-refractivity contribution in [3.63, 3.8) is 0 Å². The number of aromatic nitrogens is 2. The monoisotopic (exact) mass is 371 g/mol. The van der Waals surface area contributed by atoms with Crippen LogP contribution in [0.15, 0.2) is 30.2 Å². The van der Waals surface area contributed by atoms with Crippen molar-refractivity contribution in [3.05, 3.63) is 35.9 Å². The van der Waals surface area contributed by atoms with Crippen molar-refractivity contribution in [1.82, 2.24) is 25.2 Å². The number of alkyl halides is 1. The molecular weight excluding hydrogens is 356 g/mol. The summed E-state index contributed by atoms with van der Waals surface area (Å²) in [5.74, 6) is -2.54. The van der Waals surface area contributed by atoms with Crippen LogP contribution in [0.1, 0.15) is 12.6 Å². The van der Waals surface area contributed by atoms with Gasteiger partial charge in [0, 0.05) is 12.4 Å². The largest absolute Gasteiger partial charge is 1.00 e. The summed E-state index contributed by atoms with van der Waals surface area (Å²) >= 11 is 0. The molecule has 0 spiro atoms. The number of hydroxylamine groups is 2. The van der Waals surface area contributed by atoms with E-state index >= 15 is 0 Å². The number of carbonyl (C=O) groups is 3. The molecule has 2 bridgehead atoms. The number of fused-ring (bicyclic) bond motifs is 2. The molecule has 3 atom stereocenters. The van der Waals surface area contributed by atoms with Crippen molar-refractivity contribution in [2.45, 2.75) is 31.9 Å². The molecule has 1 aromatic rings. The second kappa shape index (κ2) is 8.47. The molecule has 138 valence electrons. The Hall–Kier alpha value is -2.48. The van der Waals surface area contributed by atoms with Gasteiger partial charge in [-0.1, -0.05) is 6.08 Å². The molecule has 3 rings (SSSR count). The van der Waals surface area contributed by atoms with Crippen LogP contribution in [0.4, 0.5) is 9.18 Å². The van der Waals surface area contributed by atoms with Crippen LogP contribution in [0.3, 0.4) is 0 Å². The molecule has 1 N–H and O–H groups in total. The zero-order valence-electron chi connectivity index (χ0n) is 14.7. The number of hydrogen-bond donors (Lipinski definition) is 1. The zero-order valence-corrected chi connectivity index (χ0v) is 14.7. The summed E-state index contributed by atoms with van der Waals surface area (Å²) in [5.41, 5.74) is 1.10. The van der Waals surface area contributed by atoms with Crippen LogP contribution in [-0.4, -0.2) is 62.8 Å². The van der Waals surface area contributed by atoms with E-state index < -0.39 is 36.3 Å². The Balaban J connectivity index is 0.00000261.